The van der Waals surface area contributed by atoms with Crippen LogP contribution in [0.4, 0.5) is 0 Å². The molecule has 0 radical (unpaired) electrons. The number of nitrogens with zero attached hydrogens (tertiary/aromatic N) is 1. The Balaban J connectivity index is 1.29. The average molecular weight is 344 g/mol. The molecule has 0 aromatic carbocycles. The number of hydrogen-bond acceptors (Lipinski definition) is 3. The van der Waals surface area contributed by atoms with Gasteiger partial charge in [-0.1, -0.05) is 12.8 Å². The molecule has 1 aromatic rings. The number of aromatic nitrogens is 1. The lowest BCUT2D eigenvalue weighted by Gasteiger charge is -2.32. The molecular formula is C20H28N2O3. The van der Waals surface area contributed by atoms with Crippen LogP contribution in [0.2, 0.25) is 0 Å². The Morgan fingerprint density at radius 1 is 1.08 bits per heavy atom. The summed E-state index contributed by atoms with van der Waals surface area (Å²) < 4.78 is 6.07. The van der Waals surface area contributed by atoms with E-state index < -0.39 is 0 Å². The lowest BCUT2D eigenvalue weighted by molar-refractivity contribution is -0.00596. The van der Waals surface area contributed by atoms with Crippen molar-refractivity contribution in [3.05, 3.63) is 33.7 Å². The average Bonchev–Trinajstić information content (AvgIpc) is 3.36. The zero-order chi connectivity index (χ0) is 17.2. The predicted octanol–water partition coefficient (Wildman–Crippen LogP) is 3.06. The van der Waals surface area contributed by atoms with Crippen molar-refractivity contribution in [1.82, 2.24) is 9.88 Å². The first-order valence-electron chi connectivity index (χ1n) is 9.85. The molecule has 1 aromatic heterocycles. The summed E-state index contributed by atoms with van der Waals surface area (Å²) in [4.78, 5) is 29.6. The highest BCUT2D eigenvalue weighted by molar-refractivity contribution is 5.93. The molecule has 136 valence electrons. The summed E-state index contributed by atoms with van der Waals surface area (Å²) in [6, 6.07) is 3.61. The van der Waals surface area contributed by atoms with Gasteiger partial charge in [-0.2, -0.15) is 0 Å². The molecule has 2 heterocycles. The molecule has 2 saturated carbocycles. The molecule has 5 heteroatoms. The number of amides is 1. The molecule has 4 rings (SSSR count). The number of rotatable bonds is 5. The van der Waals surface area contributed by atoms with Crippen LogP contribution in [0.25, 0.3) is 0 Å². The van der Waals surface area contributed by atoms with E-state index in [0.717, 1.165) is 43.9 Å². The maximum atomic E-state index is 12.7. The van der Waals surface area contributed by atoms with E-state index in [9.17, 15) is 9.59 Å². The van der Waals surface area contributed by atoms with Gasteiger partial charge >= 0.3 is 0 Å². The summed E-state index contributed by atoms with van der Waals surface area (Å²) in [5.41, 5.74) is 1.00. The molecule has 3 fully saturated rings. The fourth-order valence-corrected chi connectivity index (χ4v) is 4.13. The molecule has 1 saturated heterocycles. The number of pyridine rings is 1. The van der Waals surface area contributed by atoms with Gasteiger partial charge in [0.1, 0.15) is 5.56 Å². The third-order valence-corrected chi connectivity index (χ3v) is 5.95. The SMILES string of the molecule is O=C(c1ccc(C2CC2)[nH]c1=O)N1CCC(OCC2CCCC2)CC1. The Labute approximate surface area is 148 Å². The zero-order valence-electron chi connectivity index (χ0n) is 14.8. The normalized spacial score (nSPS) is 22.5. The van der Waals surface area contributed by atoms with Crippen molar-refractivity contribution in [2.24, 2.45) is 5.92 Å². The van der Waals surface area contributed by atoms with Crippen LogP contribution in [0.1, 0.15) is 73.3 Å². The van der Waals surface area contributed by atoms with Gasteiger partial charge < -0.3 is 14.6 Å². The number of hydrogen-bond donors (Lipinski definition) is 1. The highest BCUT2D eigenvalue weighted by atomic mass is 16.5. The van der Waals surface area contributed by atoms with Crippen LogP contribution in [0.3, 0.4) is 0 Å². The van der Waals surface area contributed by atoms with Crippen molar-refractivity contribution in [3.63, 3.8) is 0 Å². The van der Waals surface area contributed by atoms with Crippen molar-refractivity contribution in [2.45, 2.75) is 63.4 Å². The van der Waals surface area contributed by atoms with Crippen molar-refractivity contribution in [1.29, 1.82) is 0 Å². The van der Waals surface area contributed by atoms with Gasteiger partial charge in [-0.25, -0.2) is 0 Å². The topological polar surface area (TPSA) is 62.4 Å². The summed E-state index contributed by atoms with van der Waals surface area (Å²) in [5.74, 6) is 1.09. The van der Waals surface area contributed by atoms with Crippen molar-refractivity contribution < 1.29 is 9.53 Å². The fraction of sp³-hybridized carbons (Fsp3) is 0.700. The molecule has 0 unspecified atom stereocenters. The van der Waals surface area contributed by atoms with Crippen LogP contribution < -0.4 is 5.56 Å². The Bertz CT molecular complexity index is 666. The zero-order valence-corrected chi connectivity index (χ0v) is 14.8. The summed E-state index contributed by atoms with van der Waals surface area (Å²) >= 11 is 0. The van der Waals surface area contributed by atoms with Gasteiger partial charge in [-0.05, 0) is 62.5 Å². The maximum absolute atomic E-state index is 12.7. The molecule has 3 aliphatic rings. The minimum atomic E-state index is -0.242. The highest BCUT2D eigenvalue weighted by Gasteiger charge is 2.28. The standard InChI is InChI=1S/C20H28N2O3/c23-19-17(7-8-18(21-19)15-5-6-15)20(24)22-11-9-16(10-12-22)25-13-14-3-1-2-4-14/h7-8,14-16H,1-6,9-13H2,(H,21,23). The van der Waals surface area contributed by atoms with Gasteiger partial charge in [0.25, 0.3) is 11.5 Å². The highest BCUT2D eigenvalue weighted by Crippen LogP contribution is 2.38. The van der Waals surface area contributed by atoms with E-state index in [1.54, 1.807) is 11.0 Å². The lowest BCUT2D eigenvalue weighted by atomic mass is 10.1. The molecule has 1 N–H and O–H groups in total. The van der Waals surface area contributed by atoms with Crippen molar-refractivity contribution in [3.8, 4) is 0 Å². The monoisotopic (exact) mass is 344 g/mol. The number of ether oxygens (including phenoxy) is 1. The quantitative estimate of drug-likeness (QED) is 0.893. The summed E-state index contributed by atoms with van der Waals surface area (Å²) in [6.07, 6.45) is 9.57. The number of nitrogens with one attached hydrogen (secondary N) is 1. The summed E-state index contributed by atoms with van der Waals surface area (Å²) in [6.45, 7) is 2.23. The predicted molar refractivity (Wildman–Crippen MR) is 95.9 cm³/mol. The fourth-order valence-electron chi connectivity index (χ4n) is 4.13. The van der Waals surface area contributed by atoms with Crippen molar-refractivity contribution in [2.75, 3.05) is 19.7 Å². The largest absolute Gasteiger partial charge is 0.378 e. The van der Waals surface area contributed by atoms with Crippen molar-refractivity contribution >= 4 is 5.91 Å². The lowest BCUT2D eigenvalue weighted by Crippen LogP contribution is -2.42. The maximum Gasteiger partial charge on any atom is 0.261 e. The first-order valence-corrected chi connectivity index (χ1v) is 9.85. The summed E-state index contributed by atoms with van der Waals surface area (Å²) in [5, 5.41) is 0. The van der Waals surface area contributed by atoms with Gasteiger partial charge in [0.2, 0.25) is 0 Å². The Morgan fingerprint density at radius 2 is 1.80 bits per heavy atom. The first-order chi connectivity index (χ1) is 12.2. The van der Waals surface area contributed by atoms with Gasteiger partial charge in [0.15, 0.2) is 0 Å². The van der Waals surface area contributed by atoms with E-state index in [-0.39, 0.29) is 23.1 Å². The minimum absolute atomic E-state index is 0.141. The van der Waals surface area contributed by atoms with Gasteiger partial charge in [0.05, 0.1) is 6.10 Å². The van der Waals surface area contributed by atoms with Gasteiger partial charge in [-0.15, -0.1) is 0 Å². The van der Waals surface area contributed by atoms with E-state index in [0.29, 0.717) is 19.0 Å². The van der Waals surface area contributed by atoms with Crippen LogP contribution in [-0.2, 0) is 4.74 Å². The third-order valence-electron chi connectivity index (χ3n) is 5.95. The second-order valence-corrected chi connectivity index (χ2v) is 7.91. The smallest absolute Gasteiger partial charge is 0.261 e. The van der Waals surface area contributed by atoms with E-state index in [1.807, 2.05) is 6.07 Å². The molecular weight excluding hydrogens is 316 g/mol. The second kappa shape index (κ2) is 7.32. The number of carbonyl (C=O) groups excluding carboxylic acids is 1. The van der Waals surface area contributed by atoms with Crippen LogP contribution in [0.5, 0.6) is 0 Å². The number of likely N-dealkylation sites (tertiary alicyclic amines) is 1. The van der Waals surface area contributed by atoms with E-state index in [2.05, 4.69) is 4.98 Å². The van der Waals surface area contributed by atoms with Gasteiger partial charge in [0, 0.05) is 25.4 Å². The molecule has 0 atom stereocenters. The van der Waals surface area contributed by atoms with Crippen LogP contribution in [0, 0.1) is 5.92 Å². The Morgan fingerprint density at radius 3 is 2.44 bits per heavy atom. The van der Waals surface area contributed by atoms with Crippen LogP contribution in [-0.4, -0.2) is 41.6 Å². The van der Waals surface area contributed by atoms with Crippen LogP contribution >= 0.6 is 0 Å². The number of piperidine rings is 1. The first kappa shape index (κ1) is 16.8. The van der Waals surface area contributed by atoms with Gasteiger partial charge in [-0.3, -0.25) is 9.59 Å². The molecule has 1 aliphatic heterocycles. The summed E-state index contributed by atoms with van der Waals surface area (Å²) in [7, 11) is 0. The number of carbonyl (C=O) groups is 1. The Kier molecular flexibility index (Phi) is 4.93. The third kappa shape index (κ3) is 3.97. The second-order valence-electron chi connectivity index (χ2n) is 7.91. The number of H-pyrrole nitrogens is 1. The Hall–Kier alpha value is -1.62. The molecule has 0 bridgehead atoms. The molecule has 25 heavy (non-hydrogen) atoms. The molecule has 5 nitrogen and oxygen atoms in total. The molecule has 0 spiro atoms. The number of aromatic amines is 1. The van der Waals surface area contributed by atoms with E-state index in [1.165, 1.54) is 25.7 Å². The minimum Gasteiger partial charge on any atom is -0.378 e. The molecule has 2 aliphatic carbocycles. The van der Waals surface area contributed by atoms with Crippen LogP contribution in [0.15, 0.2) is 16.9 Å². The van der Waals surface area contributed by atoms with E-state index in [4.69, 9.17) is 4.74 Å². The van der Waals surface area contributed by atoms with E-state index >= 15 is 0 Å². The molecule has 1 amide bonds.